The summed E-state index contributed by atoms with van der Waals surface area (Å²) in [5.74, 6) is 0.420. The quantitative estimate of drug-likeness (QED) is 0.567. The van der Waals surface area contributed by atoms with E-state index in [9.17, 15) is 14.5 Å². The van der Waals surface area contributed by atoms with Crippen molar-refractivity contribution in [1.82, 2.24) is 4.98 Å². The van der Waals surface area contributed by atoms with Gasteiger partial charge in [-0.3, -0.25) is 10.1 Å². The molecule has 9 heteroatoms. The summed E-state index contributed by atoms with van der Waals surface area (Å²) in [6, 6.07) is 8.12. The van der Waals surface area contributed by atoms with Crippen LogP contribution in [0.2, 0.25) is 0 Å². The minimum atomic E-state index is -0.482. The second-order valence-corrected chi connectivity index (χ2v) is 7.96. The minimum Gasteiger partial charge on any atom is -0.369 e. The molecule has 0 atom stereocenters. The number of nitrogens with one attached hydrogen (secondary N) is 1. The lowest BCUT2D eigenvalue weighted by Crippen LogP contribution is -2.40. The Labute approximate surface area is 175 Å². The first-order valence-corrected chi connectivity index (χ1v) is 10.5. The van der Waals surface area contributed by atoms with E-state index in [4.69, 9.17) is 5.73 Å². The molecule has 0 bridgehead atoms. The van der Waals surface area contributed by atoms with Crippen LogP contribution in [0, 0.1) is 15.9 Å². The predicted octanol–water partition coefficient (Wildman–Crippen LogP) is 3.79. The molecule has 8 nitrogen and oxygen atoms in total. The van der Waals surface area contributed by atoms with E-state index in [1.807, 2.05) is 4.90 Å². The Morgan fingerprint density at radius 2 is 1.80 bits per heavy atom. The van der Waals surface area contributed by atoms with Gasteiger partial charge in [0.05, 0.1) is 10.6 Å². The fourth-order valence-electron chi connectivity index (χ4n) is 4.10. The number of hydrogen-bond donors (Lipinski definition) is 2. The molecule has 0 aliphatic carbocycles. The van der Waals surface area contributed by atoms with Gasteiger partial charge < -0.3 is 20.9 Å². The molecule has 1 aromatic carbocycles. The zero-order valence-corrected chi connectivity index (χ0v) is 16.9. The Hall–Kier alpha value is -2.94. The van der Waals surface area contributed by atoms with Crippen molar-refractivity contribution in [2.24, 2.45) is 5.73 Å². The lowest BCUT2D eigenvalue weighted by molar-refractivity contribution is -0.384. The second kappa shape index (κ2) is 8.83. The van der Waals surface area contributed by atoms with Gasteiger partial charge in [0.2, 0.25) is 5.82 Å². The Kier molecular flexibility index (Phi) is 5.98. The molecule has 0 saturated carbocycles. The van der Waals surface area contributed by atoms with Crippen molar-refractivity contribution in [3.63, 3.8) is 0 Å². The van der Waals surface area contributed by atoms with E-state index in [0.717, 1.165) is 51.9 Å². The Balaban J connectivity index is 1.57. The third-order valence-electron chi connectivity index (χ3n) is 5.83. The van der Waals surface area contributed by atoms with Gasteiger partial charge in [0.15, 0.2) is 0 Å². The van der Waals surface area contributed by atoms with Gasteiger partial charge in [-0.2, -0.15) is 0 Å². The van der Waals surface area contributed by atoms with E-state index in [-0.39, 0.29) is 23.4 Å². The van der Waals surface area contributed by atoms with E-state index in [1.54, 1.807) is 18.2 Å². The van der Waals surface area contributed by atoms with E-state index in [1.165, 1.54) is 18.6 Å². The molecule has 2 aliphatic heterocycles. The van der Waals surface area contributed by atoms with Gasteiger partial charge in [-0.15, -0.1) is 0 Å². The van der Waals surface area contributed by atoms with Gasteiger partial charge in [0.25, 0.3) is 0 Å². The van der Waals surface area contributed by atoms with Gasteiger partial charge in [-0.05, 0) is 56.4 Å². The summed E-state index contributed by atoms with van der Waals surface area (Å²) in [6.45, 7) is 3.20. The number of piperidine rings is 2. The van der Waals surface area contributed by atoms with Crippen LogP contribution in [-0.4, -0.2) is 42.1 Å². The van der Waals surface area contributed by atoms with Crippen LogP contribution in [0.3, 0.4) is 0 Å². The number of nitrogens with two attached hydrogens (primary N) is 1. The van der Waals surface area contributed by atoms with Crippen LogP contribution >= 0.6 is 0 Å². The number of anilines is 4. The first-order chi connectivity index (χ1) is 14.5. The molecule has 0 spiro atoms. The van der Waals surface area contributed by atoms with Gasteiger partial charge in [0, 0.05) is 44.0 Å². The zero-order valence-electron chi connectivity index (χ0n) is 16.9. The first kappa shape index (κ1) is 20.3. The molecule has 3 heterocycles. The molecule has 2 aromatic rings. The van der Waals surface area contributed by atoms with Crippen molar-refractivity contribution in [2.75, 3.05) is 41.3 Å². The fraction of sp³-hybridized carbons (Fsp3) is 0.476. The van der Waals surface area contributed by atoms with Crippen molar-refractivity contribution in [3.8, 4) is 0 Å². The summed E-state index contributed by atoms with van der Waals surface area (Å²) in [5.41, 5.74) is 6.82. The number of hydrogen-bond acceptors (Lipinski definition) is 7. The van der Waals surface area contributed by atoms with Crippen LogP contribution in [0.1, 0.15) is 32.1 Å². The normalized spacial score (nSPS) is 17.8. The molecule has 1 aromatic heterocycles. The van der Waals surface area contributed by atoms with Crippen molar-refractivity contribution >= 4 is 28.7 Å². The lowest BCUT2D eigenvalue weighted by atomic mass is 10.1. The molecular formula is C21H27FN6O2. The summed E-state index contributed by atoms with van der Waals surface area (Å²) in [6.07, 6.45) is 5.00. The Bertz CT molecular complexity index is 910. The fourth-order valence-corrected chi connectivity index (χ4v) is 4.10. The second-order valence-electron chi connectivity index (χ2n) is 7.96. The molecule has 30 heavy (non-hydrogen) atoms. The molecule has 0 unspecified atom stereocenters. The highest BCUT2D eigenvalue weighted by Crippen LogP contribution is 2.31. The van der Waals surface area contributed by atoms with Crippen molar-refractivity contribution in [2.45, 2.75) is 38.1 Å². The largest absolute Gasteiger partial charge is 0.369 e. The summed E-state index contributed by atoms with van der Waals surface area (Å²) in [5, 5.41) is 14.4. The minimum absolute atomic E-state index is 0.109. The Morgan fingerprint density at radius 1 is 1.07 bits per heavy atom. The molecule has 4 rings (SSSR count). The highest BCUT2D eigenvalue weighted by Gasteiger charge is 2.22. The number of benzene rings is 1. The number of nitro groups is 1. The van der Waals surface area contributed by atoms with Crippen LogP contribution in [0.4, 0.5) is 33.1 Å². The van der Waals surface area contributed by atoms with E-state index in [2.05, 4.69) is 15.2 Å². The van der Waals surface area contributed by atoms with Gasteiger partial charge in [-0.25, -0.2) is 9.37 Å². The number of pyridine rings is 1. The lowest BCUT2D eigenvalue weighted by Gasteiger charge is -2.31. The van der Waals surface area contributed by atoms with Crippen LogP contribution < -0.4 is 20.9 Å². The van der Waals surface area contributed by atoms with Crippen molar-refractivity contribution in [1.29, 1.82) is 0 Å². The molecule has 2 saturated heterocycles. The van der Waals surface area contributed by atoms with E-state index < -0.39 is 4.92 Å². The summed E-state index contributed by atoms with van der Waals surface area (Å²) in [7, 11) is 0. The third kappa shape index (κ3) is 4.46. The first-order valence-electron chi connectivity index (χ1n) is 10.5. The topological polar surface area (TPSA) is 101 Å². The summed E-state index contributed by atoms with van der Waals surface area (Å²) < 4.78 is 14.7. The van der Waals surface area contributed by atoms with Crippen LogP contribution in [0.25, 0.3) is 0 Å². The smallest absolute Gasteiger partial charge is 0.311 e. The molecule has 0 amide bonds. The van der Waals surface area contributed by atoms with Gasteiger partial charge in [0.1, 0.15) is 11.6 Å². The average Bonchev–Trinajstić information content (AvgIpc) is 2.75. The van der Waals surface area contributed by atoms with Crippen LogP contribution in [0.15, 0.2) is 30.3 Å². The van der Waals surface area contributed by atoms with Gasteiger partial charge >= 0.3 is 5.69 Å². The maximum atomic E-state index is 14.7. The highest BCUT2D eigenvalue weighted by molar-refractivity contribution is 5.69. The van der Waals surface area contributed by atoms with Crippen molar-refractivity contribution < 1.29 is 9.31 Å². The van der Waals surface area contributed by atoms with E-state index in [0.29, 0.717) is 17.2 Å². The van der Waals surface area contributed by atoms with Crippen LogP contribution in [-0.2, 0) is 0 Å². The van der Waals surface area contributed by atoms with Gasteiger partial charge in [-0.1, -0.05) is 0 Å². The predicted molar refractivity (Wildman–Crippen MR) is 116 cm³/mol. The zero-order chi connectivity index (χ0) is 21.1. The summed E-state index contributed by atoms with van der Waals surface area (Å²) in [4.78, 5) is 19.6. The molecule has 2 aliphatic rings. The number of rotatable bonds is 5. The number of aromatic nitrogens is 1. The summed E-state index contributed by atoms with van der Waals surface area (Å²) >= 11 is 0. The average molecular weight is 414 g/mol. The molecular weight excluding hydrogens is 387 g/mol. The maximum absolute atomic E-state index is 14.7. The van der Waals surface area contributed by atoms with Crippen LogP contribution in [0.5, 0.6) is 0 Å². The molecule has 160 valence electrons. The third-order valence-corrected chi connectivity index (χ3v) is 5.83. The molecule has 2 fully saturated rings. The number of nitrogens with zero attached hydrogens (tertiary/aromatic N) is 4. The molecule has 3 N–H and O–H groups in total. The Morgan fingerprint density at radius 3 is 2.47 bits per heavy atom. The standard InChI is InChI=1S/C21H27FN6O2/c22-17-14-16(4-5-18(17)26-10-2-1-3-11-26)24-21-19(28(29)30)6-7-20(25-21)27-12-8-15(23)9-13-27/h4-7,14-15H,1-3,8-13,23H2,(H,24,25). The molecule has 0 radical (unpaired) electrons. The maximum Gasteiger partial charge on any atom is 0.311 e. The number of halogens is 1. The monoisotopic (exact) mass is 414 g/mol. The highest BCUT2D eigenvalue weighted by atomic mass is 19.1. The van der Waals surface area contributed by atoms with E-state index >= 15 is 0 Å². The SMILES string of the molecule is NC1CCN(c2ccc([N+](=O)[O-])c(Nc3ccc(N4CCCCC4)c(F)c3)n2)CC1. The van der Waals surface area contributed by atoms with Crippen molar-refractivity contribution in [3.05, 3.63) is 46.3 Å².